The number of nitrogens with zero attached hydrogens (tertiary/aromatic N) is 1. The highest BCUT2D eigenvalue weighted by molar-refractivity contribution is 6.30. The van der Waals surface area contributed by atoms with Gasteiger partial charge >= 0.3 is 6.03 Å². The van der Waals surface area contributed by atoms with Crippen LogP contribution < -0.4 is 5.32 Å². The average molecular weight is 385 g/mol. The van der Waals surface area contributed by atoms with Crippen LogP contribution in [0.1, 0.15) is 43.7 Å². The summed E-state index contributed by atoms with van der Waals surface area (Å²) in [5.74, 6) is 1.95. The molecule has 1 saturated heterocycles. The van der Waals surface area contributed by atoms with Crippen molar-refractivity contribution in [3.05, 3.63) is 70.7 Å². The number of nitrogens with one attached hydrogen (secondary N) is 1. The van der Waals surface area contributed by atoms with Gasteiger partial charge in [0.2, 0.25) is 0 Å². The lowest BCUT2D eigenvalue weighted by Gasteiger charge is -2.20. The number of carbonyl (C=O) groups excluding carboxylic acids is 1. The molecule has 144 valence electrons. The Labute approximate surface area is 167 Å². The van der Waals surface area contributed by atoms with Gasteiger partial charge in [-0.05, 0) is 53.9 Å². The first-order chi connectivity index (χ1) is 13.2. The summed E-state index contributed by atoms with van der Waals surface area (Å²) in [7, 11) is 0. The molecule has 3 nitrogen and oxygen atoms in total. The van der Waals surface area contributed by atoms with Gasteiger partial charge in [-0.3, -0.25) is 0 Å². The molecule has 2 fully saturated rings. The Morgan fingerprint density at radius 2 is 1.59 bits per heavy atom. The summed E-state index contributed by atoms with van der Waals surface area (Å²) in [6.45, 7) is 6.33. The van der Waals surface area contributed by atoms with Crippen LogP contribution >= 0.6 is 11.6 Å². The summed E-state index contributed by atoms with van der Waals surface area (Å²) >= 11 is 5.89. The first kappa shape index (κ1) is 19.8. The number of hydrogen-bond acceptors (Lipinski definition) is 1. The maximum absolute atomic E-state index is 12.5. The maximum atomic E-state index is 12.5. The molecule has 2 aliphatic rings. The summed E-state index contributed by atoms with van der Waals surface area (Å²) in [4.78, 5) is 14.4. The number of fused-ring (bicyclic) bond motifs is 1. The van der Waals surface area contributed by atoms with Crippen LogP contribution in [0.5, 0.6) is 0 Å². The van der Waals surface area contributed by atoms with E-state index in [2.05, 4.69) is 35.6 Å². The molecule has 4 rings (SSSR count). The Morgan fingerprint density at radius 1 is 1.00 bits per heavy atom. The minimum Gasteiger partial charge on any atom is -0.334 e. The molecule has 1 aliphatic carbocycles. The van der Waals surface area contributed by atoms with Crippen molar-refractivity contribution in [2.24, 2.45) is 11.8 Å². The third-order valence-electron chi connectivity index (χ3n) is 5.67. The highest BCUT2D eigenvalue weighted by Gasteiger charge is 2.42. The normalized spacial score (nSPS) is 23.4. The number of carbonyl (C=O) groups is 1. The Balaban J connectivity index is 0.00000102. The molecule has 2 amide bonds. The third-order valence-corrected chi connectivity index (χ3v) is 5.92. The lowest BCUT2D eigenvalue weighted by Crippen LogP contribution is -2.38. The second-order valence-corrected chi connectivity index (χ2v) is 7.73. The summed E-state index contributed by atoms with van der Waals surface area (Å²) < 4.78 is 0. The molecule has 1 saturated carbocycles. The number of likely N-dealkylation sites (tertiary alicyclic amines) is 1. The molecule has 1 heterocycles. The molecule has 2 aromatic rings. The predicted octanol–water partition coefficient (Wildman–Crippen LogP) is 5.70. The molecule has 1 aliphatic heterocycles. The fourth-order valence-corrected chi connectivity index (χ4v) is 4.48. The first-order valence-electron chi connectivity index (χ1n) is 10.0. The van der Waals surface area contributed by atoms with Gasteiger partial charge in [0, 0.05) is 24.7 Å². The van der Waals surface area contributed by atoms with E-state index in [1.807, 2.05) is 43.0 Å². The maximum Gasteiger partial charge on any atom is 0.317 e. The molecule has 0 aromatic heterocycles. The third kappa shape index (κ3) is 4.84. The van der Waals surface area contributed by atoms with Crippen molar-refractivity contribution in [3.63, 3.8) is 0 Å². The minimum atomic E-state index is 0.0561. The van der Waals surface area contributed by atoms with E-state index in [0.717, 1.165) is 23.7 Å². The van der Waals surface area contributed by atoms with Gasteiger partial charge in [-0.15, -0.1) is 0 Å². The van der Waals surface area contributed by atoms with Crippen LogP contribution in [0.4, 0.5) is 4.79 Å². The zero-order chi connectivity index (χ0) is 19.2. The van der Waals surface area contributed by atoms with Crippen LogP contribution in [0.2, 0.25) is 5.02 Å². The van der Waals surface area contributed by atoms with Gasteiger partial charge in [0.15, 0.2) is 0 Å². The van der Waals surface area contributed by atoms with E-state index in [1.54, 1.807) is 0 Å². The molecule has 4 heteroatoms. The van der Waals surface area contributed by atoms with E-state index >= 15 is 0 Å². The van der Waals surface area contributed by atoms with E-state index in [4.69, 9.17) is 11.6 Å². The first-order valence-corrected chi connectivity index (χ1v) is 10.4. The fraction of sp³-hybridized carbons (Fsp3) is 0.435. The van der Waals surface area contributed by atoms with Gasteiger partial charge in [-0.2, -0.15) is 0 Å². The van der Waals surface area contributed by atoms with Crippen molar-refractivity contribution in [1.29, 1.82) is 0 Å². The van der Waals surface area contributed by atoms with Crippen LogP contribution in [0.15, 0.2) is 54.6 Å². The Bertz CT molecular complexity index is 718. The van der Waals surface area contributed by atoms with Crippen molar-refractivity contribution in [2.75, 3.05) is 13.1 Å². The van der Waals surface area contributed by atoms with Crippen molar-refractivity contribution >= 4 is 17.6 Å². The van der Waals surface area contributed by atoms with Gasteiger partial charge in [-0.25, -0.2) is 4.79 Å². The van der Waals surface area contributed by atoms with E-state index in [1.165, 1.54) is 18.4 Å². The van der Waals surface area contributed by atoms with Gasteiger partial charge in [-0.1, -0.05) is 67.9 Å². The molecule has 0 radical (unpaired) electrons. The van der Waals surface area contributed by atoms with E-state index in [0.29, 0.717) is 24.3 Å². The van der Waals surface area contributed by atoms with Crippen molar-refractivity contribution in [3.8, 4) is 0 Å². The number of urea groups is 1. The number of halogens is 1. The van der Waals surface area contributed by atoms with Gasteiger partial charge in [0.05, 0.1) is 0 Å². The van der Waals surface area contributed by atoms with Crippen molar-refractivity contribution < 1.29 is 4.79 Å². The summed E-state index contributed by atoms with van der Waals surface area (Å²) in [5.41, 5.74) is 2.52. The quantitative estimate of drug-likeness (QED) is 0.723. The predicted molar refractivity (Wildman–Crippen MR) is 112 cm³/mol. The molecule has 1 unspecified atom stereocenters. The zero-order valence-electron chi connectivity index (χ0n) is 16.2. The van der Waals surface area contributed by atoms with E-state index in [-0.39, 0.29) is 6.03 Å². The molecule has 27 heavy (non-hydrogen) atoms. The summed E-state index contributed by atoms with van der Waals surface area (Å²) in [6.07, 6.45) is 2.41. The van der Waals surface area contributed by atoms with Crippen LogP contribution in [-0.4, -0.2) is 24.0 Å². The van der Waals surface area contributed by atoms with Crippen molar-refractivity contribution in [2.45, 2.75) is 39.2 Å². The number of hydrogen-bond donors (Lipinski definition) is 1. The molecular formula is C23H29ClN2O. The van der Waals surface area contributed by atoms with Crippen molar-refractivity contribution in [1.82, 2.24) is 10.2 Å². The second-order valence-electron chi connectivity index (χ2n) is 7.29. The van der Waals surface area contributed by atoms with Gasteiger partial charge in [0.1, 0.15) is 0 Å². The molecule has 2 aromatic carbocycles. The smallest absolute Gasteiger partial charge is 0.317 e. The highest BCUT2D eigenvalue weighted by Crippen LogP contribution is 2.46. The standard InChI is InChI=1S/C21H23ClN2O.C2H6/c22-20-8-6-15(7-9-20)12-23-21(25)24-13-18-10-17(11-19(18)14-24)16-4-2-1-3-5-16;1-2/h1-9,17-19H,10-14H2,(H,23,25);1-2H3/t17?,18-,19+;. The van der Waals surface area contributed by atoms with Gasteiger partial charge in [0.25, 0.3) is 0 Å². The molecular weight excluding hydrogens is 356 g/mol. The second kappa shape index (κ2) is 9.27. The largest absolute Gasteiger partial charge is 0.334 e. The molecule has 0 bridgehead atoms. The topological polar surface area (TPSA) is 32.3 Å². The van der Waals surface area contributed by atoms with E-state index < -0.39 is 0 Å². The van der Waals surface area contributed by atoms with Crippen LogP contribution in [0.3, 0.4) is 0 Å². The lowest BCUT2D eigenvalue weighted by atomic mass is 9.96. The van der Waals surface area contributed by atoms with Crippen LogP contribution in [0.25, 0.3) is 0 Å². The lowest BCUT2D eigenvalue weighted by molar-refractivity contribution is 0.204. The monoisotopic (exact) mass is 384 g/mol. The molecule has 3 atom stereocenters. The molecule has 1 N–H and O–H groups in total. The fourth-order valence-electron chi connectivity index (χ4n) is 4.35. The Kier molecular flexibility index (Phi) is 6.78. The van der Waals surface area contributed by atoms with Gasteiger partial charge < -0.3 is 10.2 Å². The van der Waals surface area contributed by atoms with Crippen LogP contribution in [0, 0.1) is 11.8 Å². The molecule has 0 spiro atoms. The SMILES string of the molecule is CC.O=C(NCc1ccc(Cl)cc1)N1C[C@H]2CC(c3ccccc3)C[C@H]2C1. The highest BCUT2D eigenvalue weighted by atomic mass is 35.5. The zero-order valence-corrected chi connectivity index (χ0v) is 17.0. The average Bonchev–Trinajstić information content (AvgIpc) is 3.29. The Morgan fingerprint density at radius 3 is 2.19 bits per heavy atom. The van der Waals surface area contributed by atoms with Crippen LogP contribution in [-0.2, 0) is 6.54 Å². The van der Waals surface area contributed by atoms with E-state index in [9.17, 15) is 4.79 Å². The summed E-state index contributed by atoms with van der Waals surface area (Å²) in [5, 5.41) is 3.75. The summed E-state index contributed by atoms with van der Waals surface area (Å²) in [6, 6.07) is 18.5. The Hall–Kier alpha value is -2.00. The number of benzene rings is 2. The number of amides is 2. The number of rotatable bonds is 3. The minimum absolute atomic E-state index is 0.0561.